The molecule has 2 nitrogen and oxygen atoms in total. The molecule has 0 saturated carbocycles. The number of aromatic nitrogens is 1. The van der Waals surface area contributed by atoms with Gasteiger partial charge in [-0.3, -0.25) is 0 Å². The van der Waals surface area contributed by atoms with E-state index >= 15 is 0 Å². The summed E-state index contributed by atoms with van der Waals surface area (Å²) >= 11 is 0. The normalized spacial score (nSPS) is 10.4. The van der Waals surface area contributed by atoms with E-state index in [4.69, 9.17) is 5.73 Å². The molecule has 0 aliphatic rings. The Morgan fingerprint density at radius 1 is 0.875 bits per heavy atom. The molecule has 0 spiro atoms. The molecule has 2 rings (SSSR count). The summed E-state index contributed by atoms with van der Waals surface area (Å²) in [6.07, 6.45) is 1.30. The molecular weight excluding hydrogens is 217 g/mol. The van der Waals surface area contributed by atoms with E-state index in [1.807, 2.05) is 0 Å². The third-order valence-corrected chi connectivity index (χ3v) is 2.12. The highest BCUT2D eigenvalue weighted by Crippen LogP contribution is 2.22. The van der Waals surface area contributed by atoms with Crippen molar-refractivity contribution in [2.75, 3.05) is 5.73 Å². The number of pyridine rings is 1. The van der Waals surface area contributed by atoms with Gasteiger partial charge < -0.3 is 5.73 Å². The van der Waals surface area contributed by atoms with Gasteiger partial charge in [0.1, 0.15) is 0 Å². The number of hydrogen-bond acceptors (Lipinski definition) is 2. The summed E-state index contributed by atoms with van der Waals surface area (Å²) in [6, 6.07) is 4.40. The number of benzene rings is 1. The lowest BCUT2D eigenvalue weighted by atomic mass is 10.1. The maximum atomic E-state index is 13.1. The van der Waals surface area contributed by atoms with Crippen molar-refractivity contribution < 1.29 is 13.2 Å². The third-order valence-electron chi connectivity index (χ3n) is 2.12. The molecule has 0 amide bonds. The minimum Gasteiger partial charge on any atom is -0.381 e. The first-order valence-electron chi connectivity index (χ1n) is 4.44. The van der Waals surface area contributed by atoms with Crippen LogP contribution in [-0.4, -0.2) is 4.98 Å². The second-order valence-corrected chi connectivity index (χ2v) is 3.22. The van der Waals surface area contributed by atoms with Crippen LogP contribution in [0.15, 0.2) is 30.5 Å². The summed E-state index contributed by atoms with van der Waals surface area (Å²) in [5.41, 5.74) is 5.88. The molecule has 0 atom stereocenters. The van der Waals surface area contributed by atoms with Gasteiger partial charge in [-0.05, 0) is 23.8 Å². The second-order valence-electron chi connectivity index (χ2n) is 3.22. The second kappa shape index (κ2) is 3.84. The van der Waals surface area contributed by atoms with E-state index in [-0.39, 0.29) is 5.82 Å². The maximum absolute atomic E-state index is 13.1. The van der Waals surface area contributed by atoms with Crippen molar-refractivity contribution in [3.05, 3.63) is 47.9 Å². The van der Waals surface area contributed by atoms with Gasteiger partial charge in [-0.1, -0.05) is 6.07 Å². The molecule has 0 fully saturated rings. The number of halogens is 3. The van der Waals surface area contributed by atoms with Crippen LogP contribution >= 0.6 is 0 Å². The average Bonchev–Trinajstić information content (AvgIpc) is 2.26. The van der Waals surface area contributed by atoms with E-state index in [2.05, 4.69) is 4.98 Å². The highest BCUT2D eigenvalue weighted by molar-refractivity contribution is 5.63. The summed E-state index contributed by atoms with van der Waals surface area (Å²) in [7, 11) is 0. The van der Waals surface area contributed by atoms with Gasteiger partial charge in [-0.25, -0.2) is 18.2 Å². The molecule has 16 heavy (non-hydrogen) atoms. The van der Waals surface area contributed by atoms with Crippen LogP contribution in [0.2, 0.25) is 0 Å². The molecule has 1 heterocycles. The molecule has 0 aliphatic heterocycles. The zero-order chi connectivity index (χ0) is 11.7. The zero-order valence-corrected chi connectivity index (χ0v) is 8.05. The fraction of sp³-hybridized carbons (Fsp3) is 0. The Labute approximate surface area is 89.5 Å². The largest absolute Gasteiger partial charge is 0.381 e. The lowest BCUT2D eigenvalue weighted by Gasteiger charge is -2.03. The molecule has 1 aromatic heterocycles. The van der Waals surface area contributed by atoms with Gasteiger partial charge in [0.2, 0.25) is 0 Å². The van der Waals surface area contributed by atoms with E-state index in [1.54, 1.807) is 0 Å². The molecule has 82 valence electrons. The summed E-state index contributed by atoms with van der Waals surface area (Å²) in [6.45, 7) is 0. The van der Waals surface area contributed by atoms with Crippen molar-refractivity contribution >= 4 is 5.82 Å². The third kappa shape index (κ3) is 1.84. The Morgan fingerprint density at radius 2 is 1.56 bits per heavy atom. The Morgan fingerprint density at radius 3 is 2.19 bits per heavy atom. The number of anilines is 1. The highest BCUT2D eigenvalue weighted by Gasteiger charge is 2.07. The molecule has 0 radical (unpaired) electrons. The predicted octanol–water partition coefficient (Wildman–Crippen LogP) is 2.75. The van der Waals surface area contributed by atoms with Crippen molar-refractivity contribution in [2.45, 2.75) is 0 Å². The zero-order valence-electron chi connectivity index (χ0n) is 8.05. The number of nitrogens with zero attached hydrogens (tertiary/aromatic N) is 1. The Bertz CT molecular complexity index is 491. The molecule has 5 heteroatoms. The van der Waals surface area contributed by atoms with Gasteiger partial charge >= 0.3 is 0 Å². The minimum atomic E-state index is -0.991. The van der Waals surface area contributed by atoms with Gasteiger partial charge in [-0.15, -0.1) is 0 Å². The fourth-order valence-electron chi connectivity index (χ4n) is 1.28. The molecular formula is C11H7F3N2. The van der Waals surface area contributed by atoms with Crippen LogP contribution in [0.25, 0.3) is 11.1 Å². The lowest BCUT2D eigenvalue weighted by Crippen LogP contribution is -1.95. The summed E-state index contributed by atoms with van der Waals surface area (Å²) < 4.78 is 38.7. The molecule has 0 saturated heterocycles. The molecule has 0 unspecified atom stereocenters. The van der Waals surface area contributed by atoms with E-state index < -0.39 is 17.5 Å². The minimum absolute atomic E-state index is 0.230. The van der Waals surface area contributed by atoms with Crippen LogP contribution < -0.4 is 5.73 Å². The van der Waals surface area contributed by atoms with Crippen molar-refractivity contribution in [2.24, 2.45) is 0 Å². The molecule has 1 aromatic carbocycles. The molecule has 0 bridgehead atoms. The quantitative estimate of drug-likeness (QED) is 0.808. The molecule has 0 aliphatic carbocycles. The van der Waals surface area contributed by atoms with Gasteiger partial charge in [-0.2, -0.15) is 0 Å². The van der Waals surface area contributed by atoms with Crippen molar-refractivity contribution in [1.82, 2.24) is 4.98 Å². The highest BCUT2D eigenvalue weighted by atomic mass is 19.2. The van der Waals surface area contributed by atoms with Crippen molar-refractivity contribution in [3.63, 3.8) is 0 Å². The monoisotopic (exact) mass is 224 g/mol. The van der Waals surface area contributed by atoms with Gasteiger partial charge in [0.25, 0.3) is 0 Å². The van der Waals surface area contributed by atoms with E-state index in [0.717, 1.165) is 18.2 Å². The van der Waals surface area contributed by atoms with Gasteiger partial charge in [0.15, 0.2) is 23.3 Å². The topological polar surface area (TPSA) is 38.9 Å². The van der Waals surface area contributed by atoms with Crippen LogP contribution in [0.3, 0.4) is 0 Å². The van der Waals surface area contributed by atoms with Crippen LogP contribution in [0.1, 0.15) is 0 Å². The summed E-state index contributed by atoms with van der Waals surface area (Å²) in [5.74, 6) is -2.86. The molecule has 2 N–H and O–H groups in total. The van der Waals surface area contributed by atoms with Crippen molar-refractivity contribution in [1.29, 1.82) is 0 Å². The SMILES string of the molecule is Nc1ncc(-c2ccc(F)c(F)c2)cc1F. The average molecular weight is 224 g/mol. The maximum Gasteiger partial charge on any atom is 0.165 e. The first-order chi connectivity index (χ1) is 7.58. The fourth-order valence-corrected chi connectivity index (χ4v) is 1.28. The number of nitrogen functional groups attached to an aromatic ring is 1. The number of hydrogen-bond donors (Lipinski definition) is 1. The van der Waals surface area contributed by atoms with Crippen molar-refractivity contribution in [3.8, 4) is 11.1 Å². The smallest absolute Gasteiger partial charge is 0.165 e. The van der Waals surface area contributed by atoms with Crippen LogP contribution in [0, 0.1) is 17.5 Å². The Balaban J connectivity index is 2.50. The van der Waals surface area contributed by atoms with Gasteiger partial charge in [0, 0.05) is 11.8 Å². The van der Waals surface area contributed by atoms with Gasteiger partial charge in [0.05, 0.1) is 0 Å². The van der Waals surface area contributed by atoms with E-state index in [1.165, 1.54) is 12.3 Å². The standard InChI is InChI=1S/C11H7F3N2/c12-8-2-1-6(3-9(8)13)7-4-10(14)11(15)16-5-7/h1-5H,(H2,15,16). The summed E-state index contributed by atoms with van der Waals surface area (Å²) in [5, 5.41) is 0. The Kier molecular flexibility index (Phi) is 2.52. The van der Waals surface area contributed by atoms with E-state index in [9.17, 15) is 13.2 Å². The van der Waals surface area contributed by atoms with E-state index in [0.29, 0.717) is 11.1 Å². The van der Waals surface area contributed by atoms with Crippen LogP contribution in [-0.2, 0) is 0 Å². The Hall–Kier alpha value is -2.04. The number of rotatable bonds is 1. The molecule has 2 aromatic rings. The first-order valence-corrected chi connectivity index (χ1v) is 4.44. The van der Waals surface area contributed by atoms with Crippen LogP contribution in [0.4, 0.5) is 19.0 Å². The lowest BCUT2D eigenvalue weighted by molar-refractivity contribution is 0.509. The first kappa shape index (κ1) is 10.5. The predicted molar refractivity (Wildman–Crippen MR) is 54.0 cm³/mol. The summed E-state index contributed by atoms with van der Waals surface area (Å²) in [4.78, 5) is 3.59. The number of nitrogens with two attached hydrogens (primary N) is 1. The van der Waals surface area contributed by atoms with Crippen LogP contribution in [0.5, 0.6) is 0 Å².